The third kappa shape index (κ3) is 2.56. The van der Waals surface area contributed by atoms with Crippen molar-refractivity contribution in [2.45, 2.75) is 12.5 Å². The van der Waals surface area contributed by atoms with Crippen molar-refractivity contribution in [3.8, 4) is 16.9 Å². The average Bonchev–Trinajstić information content (AvgIpc) is 3.04. The minimum absolute atomic E-state index is 0.229. The van der Waals surface area contributed by atoms with E-state index in [0.717, 1.165) is 36.4 Å². The Kier molecular flexibility index (Phi) is 3.13. The van der Waals surface area contributed by atoms with Gasteiger partial charge in [0.05, 0.1) is 11.9 Å². The van der Waals surface area contributed by atoms with Crippen LogP contribution < -0.4 is 10.5 Å². The lowest BCUT2D eigenvalue weighted by atomic mass is 10.1. The van der Waals surface area contributed by atoms with Crippen molar-refractivity contribution in [2.75, 3.05) is 25.9 Å². The number of anilines is 1. The molecule has 1 saturated heterocycles. The summed E-state index contributed by atoms with van der Waals surface area (Å²) in [5.74, 6) is 0.763. The summed E-state index contributed by atoms with van der Waals surface area (Å²) in [6.07, 6.45) is 4.93. The lowest BCUT2D eigenvalue weighted by molar-refractivity contribution is 0.209. The molecule has 1 aliphatic rings. The number of likely N-dealkylation sites (tertiary alicyclic amines) is 1. The lowest BCUT2D eigenvalue weighted by Crippen LogP contribution is -2.21. The number of H-pyrrole nitrogens is 1. The normalized spacial score (nSPS) is 19.7. The van der Waals surface area contributed by atoms with Crippen LogP contribution in [0.5, 0.6) is 5.75 Å². The van der Waals surface area contributed by atoms with E-state index in [9.17, 15) is 0 Å². The first-order valence-electron chi connectivity index (χ1n) is 6.46. The SMILES string of the molecule is CN1CCC(Oc2cc(-c3cn[nH]c3)ccc2N)C1. The van der Waals surface area contributed by atoms with Crippen molar-refractivity contribution in [1.29, 1.82) is 0 Å². The summed E-state index contributed by atoms with van der Waals surface area (Å²) in [6, 6.07) is 5.85. The molecular weight excluding hydrogens is 240 g/mol. The Morgan fingerprint density at radius 1 is 1.42 bits per heavy atom. The van der Waals surface area contributed by atoms with Gasteiger partial charge in [0.15, 0.2) is 0 Å². The van der Waals surface area contributed by atoms with Gasteiger partial charge in [-0.1, -0.05) is 6.07 Å². The Labute approximate surface area is 112 Å². The number of nitrogens with two attached hydrogens (primary N) is 1. The molecule has 0 bridgehead atoms. The standard InChI is InChI=1S/C14H18N4O/c1-18-5-4-12(9-18)19-14-6-10(2-3-13(14)15)11-7-16-17-8-11/h2-3,6-8,12H,4-5,9,15H2,1H3,(H,16,17). The fourth-order valence-corrected chi connectivity index (χ4v) is 2.40. The molecular formula is C14H18N4O. The lowest BCUT2D eigenvalue weighted by Gasteiger charge is -2.16. The smallest absolute Gasteiger partial charge is 0.143 e. The van der Waals surface area contributed by atoms with E-state index in [-0.39, 0.29) is 6.10 Å². The number of nitrogens with zero attached hydrogens (tertiary/aromatic N) is 2. The van der Waals surface area contributed by atoms with Gasteiger partial charge in [-0.2, -0.15) is 5.10 Å². The zero-order valence-corrected chi connectivity index (χ0v) is 11.0. The van der Waals surface area contributed by atoms with Gasteiger partial charge in [-0.15, -0.1) is 0 Å². The van der Waals surface area contributed by atoms with Gasteiger partial charge in [0.2, 0.25) is 0 Å². The van der Waals surface area contributed by atoms with Crippen molar-refractivity contribution in [3.63, 3.8) is 0 Å². The van der Waals surface area contributed by atoms with Gasteiger partial charge in [-0.25, -0.2) is 0 Å². The molecule has 3 rings (SSSR count). The second kappa shape index (κ2) is 4.93. The monoisotopic (exact) mass is 258 g/mol. The Balaban J connectivity index is 1.82. The molecule has 1 aromatic carbocycles. The third-order valence-electron chi connectivity index (χ3n) is 3.49. The fraction of sp³-hybridized carbons (Fsp3) is 0.357. The maximum atomic E-state index is 6.02. The molecule has 19 heavy (non-hydrogen) atoms. The second-order valence-corrected chi connectivity index (χ2v) is 5.03. The van der Waals surface area contributed by atoms with Crippen LogP contribution in [0.15, 0.2) is 30.6 Å². The predicted molar refractivity (Wildman–Crippen MR) is 75.0 cm³/mol. The molecule has 0 aliphatic carbocycles. The van der Waals surface area contributed by atoms with Crippen molar-refractivity contribution >= 4 is 5.69 Å². The molecule has 0 radical (unpaired) electrons. The molecule has 1 atom stereocenters. The van der Waals surface area contributed by atoms with Crippen LogP contribution in [0.3, 0.4) is 0 Å². The molecule has 100 valence electrons. The van der Waals surface area contributed by atoms with Crippen molar-refractivity contribution < 1.29 is 4.74 Å². The summed E-state index contributed by atoms with van der Waals surface area (Å²) in [7, 11) is 2.11. The topological polar surface area (TPSA) is 67.2 Å². The van der Waals surface area contributed by atoms with Gasteiger partial charge >= 0.3 is 0 Å². The molecule has 0 spiro atoms. The molecule has 1 aromatic heterocycles. The highest BCUT2D eigenvalue weighted by atomic mass is 16.5. The van der Waals surface area contributed by atoms with Crippen LogP contribution in [0.1, 0.15) is 6.42 Å². The van der Waals surface area contributed by atoms with E-state index in [4.69, 9.17) is 10.5 Å². The van der Waals surface area contributed by atoms with E-state index < -0.39 is 0 Å². The first kappa shape index (κ1) is 12.0. The number of hydrogen-bond donors (Lipinski definition) is 2. The van der Waals surface area contributed by atoms with Crippen molar-refractivity contribution in [2.24, 2.45) is 0 Å². The van der Waals surface area contributed by atoms with E-state index in [2.05, 4.69) is 22.1 Å². The molecule has 1 unspecified atom stereocenters. The van der Waals surface area contributed by atoms with Gasteiger partial charge in [0.1, 0.15) is 11.9 Å². The first-order valence-corrected chi connectivity index (χ1v) is 6.46. The summed E-state index contributed by atoms with van der Waals surface area (Å²) < 4.78 is 6.02. The van der Waals surface area contributed by atoms with Gasteiger partial charge in [-0.3, -0.25) is 5.10 Å². The number of likely N-dealkylation sites (N-methyl/N-ethyl adjacent to an activating group) is 1. The van der Waals surface area contributed by atoms with Gasteiger partial charge in [0.25, 0.3) is 0 Å². The van der Waals surface area contributed by atoms with Gasteiger partial charge in [-0.05, 0) is 31.2 Å². The van der Waals surface area contributed by atoms with Crippen molar-refractivity contribution in [3.05, 3.63) is 30.6 Å². The summed E-state index contributed by atoms with van der Waals surface area (Å²) in [5, 5.41) is 6.77. The maximum absolute atomic E-state index is 6.02. The summed E-state index contributed by atoms with van der Waals surface area (Å²) in [6.45, 7) is 2.03. The molecule has 0 amide bonds. The molecule has 3 N–H and O–H groups in total. The molecule has 1 fully saturated rings. The summed E-state index contributed by atoms with van der Waals surface area (Å²) >= 11 is 0. The highest BCUT2D eigenvalue weighted by Gasteiger charge is 2.21. The second-order valence-electron chi connectivity index (χ2n) is 5.03. The number of nitrogen functional groups attached to an aromatic ring is 1. The highest BCUT2D eigenvalue weighted by Crippen LogP contribution is 2.30. The molecule has 5 nitrogen and oxygen atoms in total. The zero-order valence-electron chi connectivity index (χ0n) is 11.0. The minimum atomic E-state index is 0.229. The zero-order chi connectivity index (χ0) is 13.2. The number of hydrogen-bond acceptors (Lipinski definition) is 4. The first-order chi connectivity index (χ1) is 9.22. The summed E-state index contributed by atoms with van der Waals surface area (Å²) in [5.41, 5.74) is 8.77. The van der Waals surface area contributed by atoms with E-state index in [1.807, 2.05) is 24.4 Å². The quantitative estimate of drug-likeness (QED) is 0.823. The largest absolute Gasteiger partial charge is 0.487 e. The molecule has 2 heterocycles. The number of aromatic nitrogens is 2. The number of rotatable bonds is 3. The van der Waals surface area contributed by atoms with Crippen molar-refractivity contribution in [1.82, 2.24) is 15.1 Å². The molecule has 5 heteroatoms. The molecule has 0 saturated carbocycles. The molecule has 1 aliphatic heterocycles. The Bertz CT molecular complexity index is 553. The average molecular weight is 258 g/mol. The number of benzene rings is 1. The van der Waals surface area contributed by atoms with Crippen LogP contribution in [0, 0.1) is 0 Å². The minimum Gasteiger partial charge on any atom is -0.487 e. The fourth-order valence-electron chi connectivity index (χ4n) is 2.40. The van der Waals surface area contributed by atoms with E-state index >= 15 is 0 Å². The van der Waals surface area contributed by atoms with E-state index in [1.165, 1.54) is 0 Å². The van der Waals surface area contributed by atoms with Gasteiger partial charge < -0.3 is 15.4 Å². The van der Waals surface area contributed by atoms with E-state index in [1.54, 1.807) is 6.20 Å². The van der Waals surface area contributed by atoms with Crippen LogP contribution in [0.4, 0.5) is 5.69 Å². The Morgan fingerprint density at radius 3 is 3.00 bits per heavy atom. The molecule has 2 aromatic rings. The van der Waals surface area contributed by atoms with Crippen LogP contribution in [-0.4, -0.2) is 41.3 Å². The Hall–Kier alpha value is -2.01. The maximum Gasteiger partial charge on any atom is 0.143 e. The van der Waals surface area contributed by atoms with Crippen LogP contribution in [-0.2, 0) is 0 Å². The highest BCUT2D eigenvalue weighted by molar-refractivity contribution is 5.68. The Morgan fingerprint density at radius 2 is 2.32 bits per heavy atom. The number of aromatic amines is 1. The van der Waals surface area contributed by atoms with Crippen LogP contribution >= 0.6 is 0 Å². The van der Waals surface area contributed by atoms with Crippen LogP contribution in [0.2, 0.25) is 0 Å². The number of nitrogens with one attached hydrogen (secondary N) is 1. The van der Waals surface area contributed by atoms with Crippen LogP contribution in [0.25, 0.3) is 11.1 Å². The predicted octanol–water partition coefficient (Wildman–Crippen LogP) is 1.74. The van der Waals surface area contributed by atoms with Gasteiger partial charge in [0, 0.05) is 24.8 Å². The van der Waals surface area contributed by atoms with E-state index in [0.29, 0.717) is 5.69 Å². The third-order valence-corrected chi connectivity index (χ3v) is 3.49. The number of ether oxygens (including phenoxy) is 1. The summed E-state index contributed by atoms with van der Waals surface area (Å²) in [4.78, 5) is 2.26.